The van der Waals surface area contributed by atoms with E-state index in [-0.39, 0.29) is 0 Å². The summed E-state index contributed by atoms with van der Waals surface area (Å²) in [7, 11) is -1.42. The summed E-state index contributed by atoms with van der Waals surface area (Å²) < 4.78 is 25.1. The molecule has 1 N–H and O–H groups in total. The van der Waals surface area contributed by atoms with Crippen LogP contribution >= 0.6 is 0 Å². The lowest BCUT2D eigenvalue weighted by Gasteiger charge is -2.24. The Morgan fingerprint density at radius 1 is 1.29 bits per heavy atom. The maximum Gasteiger partial charge on any atom is 0.232 e. The maximum absolute atomic E-state index is 11.8. The molecule has 1 aromatic rings. The van der Waals surface area contributed by atoms with Gasteiger partial charge in [0.05, 0.1) is 11.9 Å². The summed E-state index contributed by atoms with van der Waals surface area (Å²) >= 11 is 0. The molecule has 0 heterocycles. The Morgan fingerprint density at radius 2 is 1.94 bits per heavy atom. The van der Waals surface area contributed by atoms with Gasteiger partial charge in [-0.2, -0.15) is 0 Å². The Kier molecular flexibility index (Phi) is 4.96. The molecule has 0 bridgehead atoms. The number of hydrogen-bond acceptors (Lipinski definition) is 3. The SMILES string of the molecule is CCc1ccccc1N(CCNC)S(C)(=O)=O. The number of anilines is 1. The van der Waals surface area contributed by atoms with E-state index >= 15 is 0 Å². The largest absolute Gasteiger partial charge is 0.318 e. The van der Waals surface area contributed by atoms with Crippen molar-refractivity contribution in [1.82, 2.24) is 5.32 Å². The minimum absolute atomic E-state index is 0.451. The van der Waals surface area contributed by atoms with Crippen LogP contribution < -0.4 is 9.62 Å². The van der Waals surface area contributed by atoms with Gasteiger partial charge in [-0.1, -0.05) is 25.1 Å². The van der Waals surface area contributed by atoms with E-state index in [4.69, 9.17) is 0 Å². The van der Waals surface area contributed by atoms with Gasteiger partial charge in [0.15, 0.2) is 0 Å². The van der Waals surface area contributed by atoms with E-state index in [9.17, 15) is 8.42 Å². The minimum Gasteiger partial charge on any atom is -0.318 e. The lowest BCUT2D eigenvalue weighted by Crippen LogP contribution is -2.36. The summed E-state index contributed by atoms with van der Waals surface area (Å²) in [6.45, 7) is 3.11. The normalized spacial score (nSPS) is 11.5. The van der Waals surface area contributed by atoms with Gasteiger partial charge < -0.3 is 5.32 Å². The Bertz CT molecular complexity index is 457. The predicted octanol–water partition coefficient (Wildman–Crippen LogP) is 1.23. The van der Waals surface area contributed by atoms with Gasteiger partial charge >= 0.3 is 0 Å². The summed E-state index contributed by atoms with van der Waals surface area (Å²) in [6, 6.07) is 7.62. The van der Waals surface area contributed by atoms with Gasteiger partial charge in [-0.15, -0.1) is 0 Å². The van der Waals surface area contributed by atoms with Crippen LogP contribution in [0.15, 0.2) is 24.3 Å². The fourth-order valence-electron chi connectivity index (χ4n) is 1.73. The van der Waals surface area contributed by atoms with Crippen molar-refractivity contribution in [2.45, 2.75) is 13.3 Å². The average Bonchev–Trinajstić information content (AvgIpc) is 2.28. The Balaban J connectivity index is 3.13. The molecule has 0 atom stereocenters. The van der Waals surface area contributed by atoms with E-state index in [0.29, 0.717) is 13.1 Å². The van der Waals surface area contributed by atoms with Crippen LogP contribution in [0.5, 0.6) is 0 Å². The lowest BCUT2D eigenvalue weighted by molar-refractivity contribution is 0.595. The van der Waals surface area contributed by atoms with Crippen molar-refractivity contribution >= 4 is 15.7 Å². The number of nitrogens with one attached hydrogen (secondary N) is 1. The molecule has 0 spiro atoms. The van der Waals surface area contributed by atoms with Crippen molar-refractivity contribution in [3.05, 3.63) is 29.8 Å². The topological polar surface area (TPSA) is 49.4 Å². The third-order valence-corrected chi connectivity index (χ3v) is 3.79. The van der Waals surface area contributed by atoms with Crippen LogP contribution in [0.4, 0.5) is 5.69 Å². The van der Waals surface area contributed by atoms with Crippen LogP contribution in [0.2, 0.25) is 0 Å². The van der Waals surface area contributed by atoms with Crippen LogP contribution in [0.25, 0.3) is 0 Å². The zero-order valence-electron chi connectivity index (χ0n) is 10.6. The zero-order valence-corrected chi connectivity index (χ0v) is 11.4. The fourth-order valence-corrected chi connectivity index (χ4v) is 2.69. The summed E-state index contributed by atoms with van der Waals surface area (Å²) in [5.41, 5.74) is 1.83. The summed E-state index contributed by atoms with van der Waals surface area (Å²) in [6.07, 6.45) is 2.07. The first-order valence-electron chi connectivity index (χ1n) is 5.71. The first-order chi connectivity index (χ1) is 8.00. The molecule has 0 unspecified atom stereocenters. The smallest absolute Gasteiger partial charge is 0.232 e. The average molecular weight is 256 g/mol. The molecule has 0 aliphatic carbocycles. The van der Waals surface area contributed by atoms with Crippen molar-refractivity contribution in [1.29, 1.82) is 0 Å². The van der Waals surface area contributed by atoms with Gasteiger partial charge in [0.25, 0.3) is 0 Å². The minimum atomic E-state index is -3.23. The quantitative estimate of drug-likeness (QED) is 0.833. The molecule has 5 heteroatoms. The van der Waals surface area contributed by atoms with E-state index in [0.717, 1.165) is 17.7 Å². The highest BCUT2D eigenvalue weighted by atomic mass is 32.2. The monoisotopic (exact) mass is 256 g/mol. The highest BCUT2D eigenvalue weighted by Gasteiger charge is 2.18. The van der Waals surface area contributed by atoms with Crippen molar-refractivity contribution in [2.75, 3.05) is 30.7 Å². The second-order valence-corrected chi connectivity index (χ2v) is 5.83. The molecule has 0 aliphatic heterocycles. The number of aryl methyl sites for hydroxylation is 1. The molecule has 1 aromatic carbocycles. The summed E-state index contributed by atoms with van der Waals surface area (Å²) in [5.74, 6) is 0. The molecule has 0 saturated heterocycles. The molecule has 0 fully saturated rings. The molecule has 17 heavy (non-hydrogen) atoms. The third kappa shape index (κ3) is 3.71. The van der Waals surface area contributed by atoms with Gasteiger partial charge in [-0.25, -0.2) is 8.42 Å². The van der Waals surface area contributed by atoms with Gasteiger partial charge in [-0.05, 0) is 25.1 Å². The van der Waals surface area contributed by atoms with Crippen LogP contribution in [0.3, 0.4) is 0 Å². The van der Waals surface area contributed by atoms with Crippen molar-refractivity contribution < 1.29 is 8.42 Å². The van der Waals surface area contributed by atoms with Crippen LogP contribution in [0, 0.1) is 0 Å². The molecular formula is C12H20N2O2S. The second kappa shape index (κ2) is 6.02. The van der Waals surface area contributed by atoms with E-state index < -0.39 is 10.0 Å². The first-order valence-corrected chi connectivity index (χ1v) is 7.55. The second-order valence-electron chi connectivity index (χ2n) is 3.92. The van der Waals surface area contributed by atoms with E-state index in [1.54, 1.807) is 0 Å². The molecule has 0 aliphatic rings. The predicted molar refractivity (Wildman–Crippen MR) is 71.9 cm³/mol. The Hall–Kier alpha value is -1.07. The van der Waals surface area contributed by atoms with Gasteiger partial charge in [0.2, 0.25) is 10.0 Å². The van der Waals surface area contributed by atoms with Crippen molar-refractivity contribution in [3.8, 4) is 0 Å². The van der Waals surface area contributed by atoms with Gasteiger partial charge in [-0.3, -0.25) is 4.31 Å². The van der Waals surface area contributed by atoms with E-state index in [2.05, 4.69) is 5.32 Å². The van der Waals surface area contributed by atoms with Crippen LogP contribution in [-0.2, 0) is 16.4 Å². The molecule has 0 radical (unpaired) electrons. The molecule has 1 rings (SSSR count). The van der Waals surface area contributed by atoms with Gasteiger partial charge in [0.1, 0.15) is 0 Å². The fraction of sp³-hybridized carbons (Fsp3) is 0.500. The molecular weight excluding hydrogens is 236 g/mol. The number of nitrogens with zero attached hydrogens (tertiary/aromatic N) is 1. The summed E-state index contributed by atoms with van der Waals surface area (Å²) in [5, 5.41) is 2.97. The van der Waals surface area contributed by atoms with Crippen molar-refractivity contribution in [3.63, 3.8) is 0 Å². The number of benzene rings is 1. The number of hydrogen-bond donors (Lipinski definition) is 1. The highest BCUT2D eigenvalue weighted by Crippen LogP contribution is 2.22. The highest BCUT2D eigenvalue weighted by molar-refractivity contribution is 7.92. The molecule has 0 aromatic heterocycles. The van der Waals surface area contributed by atoms with E-state index in [1.165, 1.54) is 10.6 Å². The van der Waals surface area contributed by atoms with E-state index in [1.807, 2.05) is 38.2 Å². The molecule has 4 nitrogen and oxygen atoms in total. The molecule has 0 saturated carbocycles. The Morgan fingerprint density at radius 3 is 2.47 bits per heavy atom. The number of rotatable bonds is 6. The zero-order chi connectivity index (χ0) is 12.9. The van der Waals surface area contributed by atoms with Gasteiger partial charge in [0, 0.05) is 13.1 Å². The first kappa shape index (κ1) is 14.0. The van der Waals surface area contributed by atoms with Crippen LogP contribution in [-0.4, -0.2) is 34.8 Å². The third-order valence-electron chi connectivity index (χ3n) is 2.61. The summed E-state index contributed by atoms with van der Waals surface area (Å²) in [4.78, 5) is 0. The number of sulfonamides is 1. The molecule has 0 amide bonds. The van der Waals surface area contributed by atoms with Crippen LogP contribution in [0.1, 0.15) is 12.5 Å². The standard InChI is InChI=1S/C12H20N2O2S/c1-4-11-7-5-6-8-12(11)14(10-9-13-2)17(3,15)16/h5-8,13H,4,9-10H2,1-3H3. The number of likely N-dealkylation sites (N-methyl/N-ethyl adjacent to an activating group) is 1. The van der Waals surface area contributed by atoms with Crippen molar-refractivity contribution in [2.24, 2.45) is 0 Å². The molecule has 96 valence electrons. The maximum atomic E-state index is 11.8. The lowest BCUT2D eigenvalue weighted by atomic mass is 10.1. The Labute approximate surface area is 104 Å². The number of para-hydroxylation sites is 1.